The molecule has 0 bridgehead atoms. The Bertz CT molecular complexity index is 1680. The third-order valence-corrected chi connectivity index (χ3v) is 9.48. The molecule has 1 aliphatic heterocycles. The molecule has 0 radical (unpaired) electrons. The number of nitrogens with one attached hydrogen (secondary N) is 5. The van der Waals surface area contributed by atoms with Crippen LogP contribution in [-0.2, 0) is 25.3 Å². The highest BCUT2D eigenvalue weighted by Crippen LogP contribution is 2.48. The first kappa shape index (κ1) is 29.3. The topological polar surface area (TPSA) is 172 Å². The molecule has 3 atom stereocenters. The summed E-state index contributed by atoms with van der Waals surface area (Å²) in [6.07, 6.45) is 3.58. The minimum atomic E-state index is -0.927. The van der Waals surface area contributed by atoms with Crippen LogP contribution in [0.5, 0.6) is 0 Å². The summed E-state index contributed by atoms with van der Waals surface area (Å²) < 4.78 is 1.28. The number of nitriles is 1. The number of hydrogen-bond donors (Lipinski definition) is 5. The Morgan fingerprint density at radius 1 is 1.07 bits per heavy atom. The van der Waals surface area contributed by atoms with Gasteiger partial charge in [0.2, 0.25) is 0 Å². The van der Waals surface area contributed by atoms with E-state index < -0.39 is 5.41 Å². The Labute approximate surface area is 255 Å². The lowest BCUT2D eigenvalue weighted by Gasteiger charge is -2.35. The van der Waals surface area contributed by atoms with Gasteiger partial charge in [-0.1, -0.05) is 12.1 Å². The van der Waals surface area contributed by atoms with E-state index >= 15 is 0 Å². The van der Waals surface area contributed by atoms with E-state index in [4.69, 9.17) is 5.41 Å². The summed E-state index contributed by atoms with van der Waals surface area (Å²) in [5.74, 6) is 1.01. The smallest absolute Gasteiger partial charge is 0.343 e. The first-order chi connectivity index (χ1) is 21.2. The highest BCUT2D eigenvalue weighted by molar-refractivity contribution is 5.95. The molecule has 6 rings (SSSR count). The van der Waals surface area contributed by atoms with Crippen LogP contribution in [0.2, 0.25) is 0 Å². The molecule has 228 valence electrons. The zero-order valence-electron chi connectivity index (χ0n) is 25.2. The molecule has 1 aromatic heterocycles. The molecule has 3 aromatic rings. The number of fused-ring (bicyclic) bond motifs is 3. The molecule has 1 unspecified atom stereocenters. The van der Waals surface area contributed by atoms with Gasteiger partial charge < -0.3 is 20.9 Å². The second-order valence-corrected chi connectivity index (χ2v) is 11.9. The number of aromatic amines is 1. The van der Waals surface area contributed by atoms with Gasteiger partial charge in [0.05, 0.1) is 18.0 Å². The number of rotatable bonds is 8. The van der Waals surface area contributed by atoms with Crippen molar-refractivity contribution in [2.45, 2.75) is 49.6 Å². The van der Waals surface area contributed by atoms with Crippen LogP contribution < -0.4 is 21.6 Å². The summed E-state index contributed by atoms with van der Waals surface area (Å²) in [5, 5.41) is 31.9. The van der Waals surface area contributed by atoms with E-state index in [0.29, 0.717) is 67.1 Å². The van der Waals surface area contributed by atoms with E-state index in [2.05, 4.69) is 32.1 Å². The monoisotopic (exact) mass is 595 g/mol. The third kappa shape index (κ3) is 4.87. The summed E-state index contributed by atoms with van der Waals surface area (Å²) in [5.41, 5.74) is 3.56. The van der Waals surface area contributed by atoms with Crippen LogP contribution in [0.15, 0.2) is 41.2 Å². The third-order valence-electron chi connectivity index (χ3n) is 9.48. The SMILES string of the molecule is CNC(=O)c1ccc2c(c1)CCc1cc(C(=O)NC)ccc1C2(CCNCC(=N)N1C(C#N)C[C@@H]2C[C@@H]21)c1nn(C)c(=O)[nH]1. The van der Waals surface area contributed by atoms with Gasteiger partial charge in [-0.15, -0.1) is 0 Å². The van der Waals surface area contributed by atoms with Gasteiger partial charge in [0.15, 0.2) is 0 Å². The lowest BCUT2D eigenvalue weighted by molar-refractivity contribution is 0.0955. The van der Waals surface area contributed by atoms with Crippen LogP contribution >= 0.6 is 0 Å². The highest BCUT2D eigenvalue weighted by Gasteiger charge is 2.53. The van der Waals surface area contributed by atoms with Gasteiger partial charge in [-0.3, -0.25) is 20.0 Å². The molecule has 2 aromatic carbocycles. The van der Waals surface area contributed by atoms with Gasteiger partial charge in [-0.05, 0) is 91.1 Å². The number of benzene rings is 2. The van der Waals surface area contributed by atoms with Crippen LogP contribution in [0, 0.1) is 22.7 Å². The predicted molar refractivity (Wildman–Crippen MR) is 164 cm³/mol. The molecule has 2 amide bonds. The molecule has 2 heterocycles. The Hall–Kier alpha value is -4.76. The van der Waals surface area contributed by atoms with E-state index in [0.717, 1.165) is 35.1 Å². The Kier molecular flexibility index (Phi) is 7.59. The minimum Gasteiger partial charge on any atom is -0.355 e. The second-order valence-electron chi connectivity index (χ2n) is 11.9. The highest BCUT2D eigenvalue weighted by atomic mass is 16.2. The van der Waals surface area contributed by atoms with Crippen LogP contribution in [0.25, 0.3) is 0 Å². The van der Waals surface area contributed by atoms with Gasteiger partial charge in [0.1, 0.15) is 17.7 Å². The van der Waals surface area contributed by atoms with Crippen molar-refractivity contribution in [3.05, 3.63) is 86.1 Å². The van der Waals surface area contributed by atoms with Crippen LogP contribution in [0.1, 0.15) is 68.1 Å². The lowest BCUT2D eigenvalue weighted by atomic mass is 9.69. The quantitative estimate of drug-likeness (QED) is 0.148. The molecule has 1 saturated carbocycles. The molecule has 0 spiro atoms. The molecule has 12 nitrogen and oxygen atoms in total. The Morgan fingerprint density at radius 3 is 2.20 bits per heavy atom. The first-order valence-corrected chi connectivity index (χ1v) is 15.0. The molecule has 44 heavy (non-hydrogen) atoms. The number of H-pyrrole nitrogens is 1. The molecular formula is C32H37N9O3. The minimum absolute atomic E-state index is 0.191. The molecular weight excluding hydrogens is 558 g/mol. The number of nitrogens with zero attached hydrogens (tertiary/aromatic N) is 4. The number of aryl methyl sites for hydroxylation is 3. The van der Waals surface area contributed by atoms with E-state index in [1.807, 2.05) is 29.2 Å². The number of aromatic nitrogens is 3. The van der Waals surface area contributed by atoms with Gasteiger partial charge in [-0.2, -0.15) is 10.4 Å². The Morgan fingerprint density at radius 2 is 1.68 bits per heavy atom. The standard InChI is InChI=1S/C32H37N9O3/c1-35-28(42)20-6-8-24-18(12-20)4-5-19-13-21(29(43)36-2)7-9-25(19)32(24,30-38-31(44)40(3)39-30)10-11-37-17-27(34)41-23(16-33)14-22-15-26(22)41/h6-9,12-13,22-23,26,34,37H,4-5,10-11,14-15,17H2,1-3H3,(H,35,42)(H,36,43)(H,38,39,44)/t22-,23?,26+/m1/s1. The average molecular weight is 596 g/mol. The molecule has 2 fully saturated rings. The van der Waals surface area contributed by atoms with Crippen molar-refractivity contribution in [1.82, 2.24) is 35.6 Å². The Balaban J connectivity index is 1.42. The van der Waals surface area contributed by atoms with Gasteiger partial charge >= 0.3 is 5.69 Å². The van der Waals surface area contributed by atoms with Crippen molar-refractivity contribution in [3.8, 4) is 6.07 Å². The van der Waals surface area contributed by atoms with Crippen molar-refractivity contribution in [2.24, 2.45) is 13.0 Å². The van der Waals surface area contributed by atoms with Crippen molar-refractivity contribution in [3.63, 3.8) is 0 Å². The van der Waals surface area contributed by atoms with E-state index in [-0.39, 0.29) is 23.5 Å². The fourth-order valence-corrected chi connectivity index (χ4v) is 7.19. The number of amidine groups is 1. The number of hydrogen-bond acceptors (Lipinski definition) is 7. The summed E-state index contributed by atoms with van der Waals surface area (Å²) in [6, 6.07) is 13.7. The molecule has 1 saturated heterocycles. The number of carbonyl (C=O) groups is 2. The lowest BCUT2D eigenvalue weighted by Crippen LogP contribution is -2.43. The second kappa shape index (κ2) is 11.4. The summed E-state index contributed by atoms with van der Waals surface area (Å²) in [6.45, 7) is 0.772. The summed E-state index contributed by atoms with van der Waals surface area (Å²) >= 11 is 0. The fourth-order valence-electron chi connectivity index (χ4n) is 7.19. The molecule has 2 aliphatic carbocycles. The maximum atomic E-state index is 12.8. The number of carbonyl (C=O) groups excluding carboxylic acids is 2. The van der Waals surface area contributed by atoms with Crippen LogP contribution in [0.4, 0.5) is 0 Å². The summed E-state index contributed by atoms with van der Waals surface area (Å²) in [4.78, 5) is 43.0. The van der Waals surface area contributed by atoms with Crippen LogP contribution in [0.3, 0.4) is 0 Å². The summed E-state index contributed by atoms with van der Waals surface area (Å²) in [7, 11) is 4.80. The van der Waals surface area contributed by atoms with Gasteiger partial charge in [-0.25, -0.2) is 9.48 Å². The van der Waals surface area contributed by atoms with Crippen molar-refractivity contribution >= 4 is 17.6 Å². The number of likely N-dealkylation sites (tertiary alicyclic amines) is 1. The van der Waals surface area contributed by atoms with E-state index in [1.54, 1.807) is 33.3 Å². The average Bonchev–Trinajstić information content (AvgIpc) is 3.61. The number of piperidine rings is 1. The largest absolute Gasteiger partial charge is 0.355 e. The van der Waals surface area contributed by atoms with Gasteiger partial charge in [0, 0.05) is 38.3 Å². The van der Waals surface area contributed by atoms with Crippen LogP contribution in [-0.4, -0.2) is 76.6 Å². The maximum absolute atomic E-state index is 12.8. The van der Waals surface area contributed by atoms with E-state index in [9.17, 15) is 19.6 Å². The fraction of sp³-hybridized carbons (Fsp3) is 0.438. The zero-order valence-corrected chi connectivity index (χ0v) is 25.2. The van der Waals surface area contributed by atoms with Crippen molar-refractivity contribution in [2.75, 3.05) is 27.2 Å². The number of amides is 2. The zero-order chi connectivity index (χ0) is 31.2. The van der Waals surface area contributed by atoms with E-state index in [1.165, 1.54) is 4.68 Å². The molecule has 5 N–H and O–H groups in total. The normalized spacial score (nSPS) is 20.9. The molecule has 12 heteroatoms. The van der Waals surface area contributed by atoms with Crippen molar-refractivity contribution in [1.29, 1.82) is 10.7 Å². The van der Waals surface area contributed by atoms with Gasteiger partial charge in [0.25, 0.3) is 11.8 Å². The predicted octanol–water partition coefficient (Wildman–Crippen LogP) is 1.20. The maximum Gasteiger partial charge on any atom is 0.343 e. The molecule has 3 aliphatic rings. The van der Waals surface area contributed by atoms with Crippen molar-refractivity contribution < 1.29 is 9.59 Å². The first-order valence-electron chi connectivity index (χ1n) is 15.0.